The Kier molecular flexibility index (Phi) is 4.68. The Morgan fingerprint density at radius 1 is 1.21 bits per heavy atom. The maximum Gasteiger partial charge on any atom is 0.123 e. The molecule has 0 saturated heterocycles. The molecular weight excluding hydrogens is 241 g/mol. The van der Waals surface area contributed by atoms with Gasteiger partial charge in [0.15, 0.2) is 0 Å². The molecule has 1 N–H and O–H groups in total. The smallest absolute Gasteiger partial charge is 0.123 e. The van der Waals surface area contributed by atoms with Gasteiger partial charge in [-0.15, -0.1) is 0 Å². The Balaban J connectivity index is 2.26. The van der Waals surface area contributed by atoms with Crippen LogP contribution in [0.1, 0.15) is 37.4 Å². The van der Waals surface area contributed by atoms with Gasteiger partial charge < -0.3 is 5.32 Å². The fourth-order valence-corrected chi connectivity index (χ4v) is 2.07. The van der Waals surface area contributed by atoms with Crippen molar-refractivity contribution >= 4 is 0 Å². The third-order valence-electron chi connectivity index (χ3n) is 3.11. The summed E-state index contributed by atoms with van der Waals surface area (Å²) in [5.41, 5.74) is 2.17. The average Bonchev–Trinajstić information content (AvgIpc) is 2.90. The highest BCUT2D eigenvalue weighted by atomic mass is 19.1. The lowest BCUT2D eigenvalue weighted by Gasteiger charge is -2.17. The molecule has 3 nitrogen and oxygen atoms in total. The molecule has 0 aliphatic heterocycles. The molecule has 2 rings (SSSR count). The second-order valence-electron chi connectivity index (χ2n) is 4.57. The normalized spacial score (nSPS) is 12.6. The van der Waals surface area contributed by atoms with Crippen LogP contribution in [0.4, 0.5) is 4.39 Å². The zero-order valence-electron chi connectivity index (χ0n) is 11.4. The van der Waals surface area contributed by atoms with E-state index in [4.69, 9.17) is 0 Å². The van der Waals surface area contributed by atoms with Gasteiger partial charge in [-0.1, -0.05) is 19.1 Å². The number of rotatable bonds is 6. The lowest BCUT2D eigenvalue weighted by Crippen LogP contribution is -2.22. The SMILES string of the molecule is CCCNC(c1ccc(F)cc1)c1cnn(CC)c1. The van der Waals surface area contributed by atoms with Crippen molar-refractivity contribution in [2.45, 2.75) is 32.9 Å². The molecule has 1 heterocycles. The maximum absolute atomic E-state index is 13.0. The summed E-state index contributed by atoms with van der Waals surface area (Å²) < 4.78 is 14.9. The highest BCUT2D eigenvalue weighted by molar-refractivity contribution is 5.29. The van der Waals surface area contributed by atoms with E-state index in [1.54, 1.807) is 0 Å². The van der Waals surface area contributed by atoms with Crippen molar-refractivity contribution in [1.29, 1.82) is 0 Å². The van der Waals surface area contributed by atoms with Gasteiger partial charge in [-0.3, -0.25) is 4.68 Å². The standard InChI is InChI=1S/C15H20FN3/c1-3-9-17-15(12-5-7-14(16)8-6-12)13-10-18-19(4-2)11-13/h5-8,10-11,15,17H,3-4,9H2,1-2H3. The molecular formula is C15H20FN3. The molecule has 2 aromatic rings. The first-order chi connectivity index (χ1) is 9.24. The number of nitrogens with one attached hydrogen (secondary N) is 1. The Bertz CT molecular complexity index is 504. The molecule has 1 aromatic heterocycles. The average molecular weight is 261 g/mol. The number of hydrogen-bond acceptors (Lipinski definition) is 2. The van der Waals surface area contributed by atoms with E-state index in [-0.39, 0.29) is 11.9 Å². The van der Waals surface area contributed by atoms with Crippen LogP contribution in [-0.4, -0.2) is 16.3 Å². The van der Waals surface area contributed by atoms with Crippen LogP contribution in [0, 0.1) is 5.82 Å². The summed E-state index contributed by atoms with van der Waals surface area (Å²) in [5.74, 6) is -0.206. The topological polar surface area (TPSA) is 29.9 Å². The van der Waals surface area contributed by atoms with Gasteiger partial charge in [0.05, 0.1) is 12.2 Å². The van der Waals surface area contributed by atoms with Gasteiger partial charge in [0.25, 0.3) is 0 Å². The van der Waals surface area contributed by atoms with Gasteiger partial charge in [-0.2, -0.15) is 5.10 Å². The second kappa shape index (κ2) is 6.48. The van der Waals surface area contributed by atoms with Gasteiger partial charge in [-0.25, -0.2) is 4.39 Å². The van der Waals surface area contributed by atoms with E-state index in [1.165, 1.54) is 12.1 Å². The quantitative estimate of drug-likeness (QED) is 0.865. The Morgan fingerprint density at radius 2 is 1.95 bits per heavy atom. The summed E-state index contributed by atoms with van der Waals surface area (Å²) in [6.45, 7) is 5.95. The first-order valence-corrected chi connectivity index (χ1v) is 6.75. The third kappa shape index (κ3) is 3.41. The van der Waals surface area contributed by atoms with Crippen molar-refractivity contribution < 1.29 is 4.39 Å². The van der Waals surface area contributed by atoms with Crippen molar-refractivity contribution in [3.05, 3.63) is 53.6 Å². The summed E-state index contributed by atoms with van der Waals surface area (Å²) in [5, 5.41) is 7.79. The predicted octanol–water partition coefficient (Wildman–Crippen LogP) is 3.13. The Morgan fingerprint density at radius 3 is 2.53 bits per heavy atom. The highest BCUT2D eigenvalue weighted by Crippen LogP contribution is 2.22. The second-order valence-corrected chi connectivity index (χ2v) is 4.57. The molecule has 1 aromatic carbocycles. The zero-order chi connectivity index (χ0) is 13.7. The van der Waals surface area contributed by atoms with Crippen LogP contribution in [-0.2, 0) is 6.54 Å². The number of hydrogen-bond donors (Lipinski definition) is 1. The van der Waals surface area contributed by atoms with Gasteiger partial charge in [0, 0.05) is 18.3 Å². The summed E-state index contributed by atoms with van der Waals surface area (Å²) >= 11 is 0. The summed E-state index contributed by atoms with van der Waals surface area (Å²) in [6, 6.07) is 6.72. The van der Waals surface area contributed by atoms with E-state index in [1.807, 2.05) is 29.2 Å². The lowest BCUT2D eigenvalue weighted by molar-refractivity contribution is 0.591. The van der Waals surface area contributed by atoms with Gasteiger partial charge in [-0.05, 0) is 37.6 Å². The van der Waals surface area contributed by atoms with Crippen molar-refractivity contribution in [3.63, 3.8) is 0 Å². The maximum atomic E-state index is 13.0. The number of nitrogens with zero attached hydrogens (tertiary/aromatic N) is 2. The lowest BCUT2D eigenvalue weighted by atomic mass is 10.0. The molecule has 1 atom stereocenters. The Labute approximate surface area is 113 Å². The number of aryl methyl sites for hydroxylation is 1. The van der Waals surface area contributed by atoms with Gasteiger partial charge in [0.1, 0.15) is 5.82 Å². The molecule has 0 aliphatic carbocycles. The molecule has 19 heavy (non-hydrogen) atoms. The minimum atomic E-state index is -0.206. The minimum absolute atomic E-state index is 0.0702. The summed E-state index contributed by atoms with van der Waals surface area (Å²) in [4.78, 5) is 0. The molecule has 0 fully saturated rings. The first kappa shape index (κ1) is 13.7. The molecule has 0 spiro atoms. The molecule has 0 bridgehead atoms. The van der Waals surface area contributed by atoms with Crippen LogP contribution < -0.4 is 5.32 Å². The minimum Gasteiger partial charge on any atom is -0.306 e. The van der Waals surface area contributed by atoms with E-state index in [9.17, 15) is 4.39 Å². The molecule has 102 valence electrons. The molecule has 0 radical (unpaired) electrons. The van der Waals surface area contributed by atoms with E-state index in [0.29, 0.717) is 0 Å². The van der Waals surface area contributed by atoms with Crippen LogP contribution in [0.15, 0.2) is 36.7 Å². The molecule has 1 unspecified atom stereocenters. The fraction of sp³-hybridized carbons (Fsp3) is 0.400. The van der Waals surface area contributed by atoms with Crippen LogP contribution in [0.5, 0.6) is 0 Å². The molecule has 0 aliphatic rings. The van der Waals surface area contributed by atoms with Gasteiger partial charge in [0.2, 0.25) is 0 Å². The number of halogens is 1. The number of aromatic nitrogens is 2. The van der Waals surface area contributed by atoms with Crippen LogP contribution in [0.2, 0.25) is 0 Å². The Hall–Kier alpha value is -1.68. The summed E-state index contributed by atoms with van der Waals surface area (Å²) in [6.07, 6.45) is 4.97. The van der Waals surface area contributed by atoms with Crippen molar-refractivity contribution in [2.24, 2.45) is 0 Å². The predicted molar refractivity (Wildman–Crippen MR) is 74.4 cm³/mol. The summed E-state index contributed by atoms with van der Waals surface area (Å²) in [7, 11) is 0. The fourth-order valence-electron chi connectivity index (χ4n) is 2.07. The number of benzene rings is 1. The molecule has 4 heteroatoms. The van der Waals surface area contributed by atoms with Crippen molar-refractivity contribution in [2.75, 3.05) is 6.54 Å². The van der Waals surface area contributed by atoms with E-state index in [0.717, 1.165) is 30.6 Å². The highest BCUT2D eigenvalue weighted by Gasteiger charge is 2.15. The molecule has 0 saturated carbocycles. The largest absolute Gasteiger partial charge is 0.306 e. The van der Waals surface area contributed by atoms with Crippen molar-refractivity contribution in [3.8, 4) is 0 Å². The van der Waals surface area contributed by atoms with Crippen LogP contribution >= 0.6 is 0 Å². The van der Waals surface area contributed by atoms with Crippen LogP contribution in [0.25, 0.3) is 0 Å². The van der Waals surface area contributed by atoms with Crippen LogP contribution in [0.3, 0.4) is 0 Å². The van der Waals surface area contributed by atoms with E-state index >= 15 is 0 Å². The van der Waals surface area contributed by atoms with E-state index < -0.39 is 0 Å². The third-order valence-corrected chi connectivity index (χ3v) is 3.11. The van der Waals surface area contributed by atoms with Crippen molar-refractivity contribution in [1.82, 2.24) is 15.1 Å². The van der Waals surface area contributed by atoms with E-state index in [2.05, 4.69) is 24.3 Å². The first-order valence-electron chi connectivity index (χ1n) is 6.75. The van der Waals surface area contributed by atoms with Gasteiger partial charge >= 0.3 is 0 Å². The zero-order valence-corrected chi connectivity index (χ0v) is 11.4. The molecule has 0 amide bonds. The monoisotopic (exact) mass is 261 g/mol.